The molecule has 1 aromatic heterocycles. The van der Waals surface area contributed by atoms with Crippen molar-refractivity contribution in [3.05, 3.63) is 95.8 Å². The van der Waals surface area contributed by atoms with Crippen LogP contribution in [-0.4, -0.2) is 35.3 Å². The highest BCUT2D eigenvalue weighted by Crippen LogP contribution is 2.28. The van der Waals surface area contributed by atoms with Gasteiger partial charge in [0, 0.05) is 5.56 Å². The molecule has 0 saturated heterocycles. The number of carbonyl (C=O) groups excluding carboxylic acids is 2. The van der Waals surface area contributed by atoms with Gasteiger partial charge in [-0.15, -0.1) is 0 Å². The lowest BCUT2D eigenvalue weighted by Gasteiger charge is -2.12. The number of carbonyl (C=O) groups is 3. The van der Waals surface area contributed by atoms with Crippen molar-refractivity contribution in [1.29, 1.82) is 0 Å². The van der Waals surface area contributed by atoms with E-state index in [0.717, 1.165) is 5.01 Å². The van der Waals surface area contributed by atoms with Crippen LogP contribution in [0.25, 0.3) is 17.4 Å². The second-order valence-electron chi connectivity index (χ2n) is 7.39. The predicted octanol–water partition coefficient (Wildman–Crippen LogP) is 4.79. The van der Waals surface area contributed by atoms with Gasteiger partial charge in [-0.05, 0) is 55.5 Å². The van der Waals surface area contributed by atoms with Crippen LogP contribution in [-0.2, 0) is 9.53 Å². The fourth-order valence-corrected chi connectivity index (χ4v) is 3.38. The SMILES string of the molecule is C=CCOC(=O)c1cccc(-c2ccc(/C=C3\C(=O)N(c4cccc(C(=O)O)c4)N=C3C)o2)c1. The third-order valence-corrected chi connectivity index (χ3v) is 5.03. The van der Waals surface area contributed by atoms with Crippen molar-refractivity contribution < 1.29 is 28.6 Å². The smallest absolute Gasteiger partial charge is 0.338 e. The van der Waals surface area contributed by atoms with Gasteiger partial charge in [-0.3, -0.25) is 4.79 Å². The van der Waals surface area contributed by atoms with E-state index in [4.69, 9.17) is 9.15 Å². The fraction of sp³-hybridized carbons (Fsp3) is 0.0769. The molecule has 34 heavy (non-hydrogen) atoms. The van der Waals surface area contributed by atoms with E-state index < -0.39 is 17.8 Å². The number of benzene rings is 2. The second kappa shape index (κ2) is 9.41. The van der Waals surface area contributed by atoms with Gasteiger partial charge in [-0.1, -0.05) is 30.9 Å². The summed E-state index contributed by atoms with van der Waals surface area (Å²) in [6, 6.07) is 16.3. The van der Waals surface area contributed by atoms with Gasteiger partial charge in [0.15, 0.2) is 0 Å². The van der Waals surface area contributed by atoms with Crippen molar-refractivity contribution in [2.75, 3.05) is 11.6 Å². The molecule has 0 unspecified atom stereocenters. The fourth-order valence-electron chi connectivity index (χ4n) is 3.38. The molecular formula is C26H20N2O6. The largest absolute Gasteiger partial charge is 0.478 e. The third-order valence-electron chi connectivity index (χ3n) is 5.03. The molecule has 0 bridgehead atoms. The summed E-state index contributed by atoms with van der Waals surface area (Å²) in [4.78, 5) is 36.3. The van der Waals surface area contributed by atoms with Crippen LogP contribution in [0, 0.1) is 0 Å². The Hall–Kier alpha value is -4.72. The zero-order chi connectivity index (χ0) is 24.2. The summed E-state index contributed by atoms with van der Waals surface area (Å²) in [5.41, 5.74) is 2.26. The number of anilines is 1. The molecule has 0 aliphatic carbocycles. The second-order valence-corrected chi connectivity index (χ2v) is 7.39. The number of hydrogen-bond donors (Lipinski definition) is 1. The third kappa shape index (κ3) is 4.56. The molecule has 1 aliphatic rings. The Morgan fingerprint density at radius 2 is 1.88 bits per heavy atom. The van der Waals surface area contributed by atoms with Crippen LogP contribution in [0.1, 0.15) is 33.4 Å². The van der Waals surface area contributed by atoms with E-state index in [-0.39, 0.29) is 12.2 Å². The van der Waals surface area contributed by atoms with Gasteiger partial charge in [-0.2, -0.15) is 10.1 Å². The van der Waals surface area contributed by atoms with Gasteiger partial charge in [-0.25, -0.2) is 9.59 Å². The number of amides is 1. The van der Waals surface area contributed by atoms with Crippen molar-refractivity contribution in [3.8, 4) is 11.3 Å². The standard InChI is InChI=1S/C26H20N2O6/c1-3-12-33-26(32)19-8-4-6-17(13-19)23-11-10-21(34-23)15-22-16(2)27-28(24(22)29)20-9-5-7-18(14-20)25(30)31/h3-11,13-15H,1,12H2,2H3,(H,30,31)/b22-15-. The maximum atomic E-state index is 13.0. The topological polar surface area (TPSA) is 109 Å². The van der Waals surface area contributed by atoms with Gasteiger partial charge in [0.05, 0.1) is 28.1 Å². The summed E-state index contributed by atoms with van der Waals surface area (Å²) in [5, 5.41) is 14.6. The zero-order valence-corrected chi connectivity index (χ0v) is 18.2. The van der Waals surface area contributed by atoms with Gasteiger partial charge in [0.2, 0.25) is 0 Å². The van der Waals surface area contributed by atoms with E-state index in [9.17, 15) is 19.5 Å². The average molecular weight is 456 g/mol. The Kier molecular flexibility index (Phi) is 6.22. The van der Waals surface area contributed by atoms with Crippen LogP contribution < -0.4 is 5.01 Å². The highest BCUT2D eigenvalue weighted by Gasteiger charge is 2.29. The number of carboxylic acids is 1. The summed E-state index contributed by atoms with van der Waals surface area (Å²) in [6.45, 7) is 5.33. The van der Waals surface area contributed by atoms with Crippen molar-refractivity contribution in [2.45, 2.75) is 6.92 Å². The number of rotatable bonds is 7. The lowest BCUT2D eigenvalue weighted by Crippen LogP contribution is -2.21. The van der Waals surface area contributed by atoms with E-state index in [1.54, 1.807) is 61.5 Å². The predicted molar refractivity (Wildman–Crippen MR) is 127 cm³/mol. The summed E-state index contributed by atoms with van der Waals surface area (Å²) >= 11 is 0. The number of carboxylic acid groups (broad SMARTS) is 1. The highest BCUT2D eigenvalue weighted by atomic mass is 16.5. The minimum atomic E-state index is -1.09. The summed E-state index contributed by atoms with van der Waals surface area (Å²) in [5.74, 6) is -1.02. The van der Waals surface area contributed by atoms with E-state index in [0.29, 0.717) is 39.6 Å². The number of esters is 1. The van der Waals surface area contributed by atoms with Crippen molar-refractivity contribution in [3.63, 3.8) is 0 Å². The first-order valence-electron chi connectivity index (χ1n) is 10.3. The molecule has 1 N–H and O–H groups in total. The number of aromatic carboxylic acids is 1. The monoisotopic (exact) mass is 456 g/mol. The van der Waals surface area contributed by atoms with Crippen LogP contribution in [0.3, 0.4) is 0 Å². The highest BCUT2D eigenvalue weighted by molar-refractivity contribution is 6.32. The molecule has 2 aromatic carbocycles. The Labute approximate surface area is 195 Å². The molecule has 0 fully saturated rings. The number of furan rings is 1. The molecule has 0 spiro atoms. The van der Waals surface area contributed by atoms with E-state index >= 15 is 0 Å². The van der Waals surface area contributed by atoms with Crippen molar-refractivity contribution in [1.82, 2.24) is 0 Å². The molecule has 8 heteroatoms. The Balaban J connectivity index is 1.57. The number of ether oxygens (including phenoxy) is 1. The van der Waals surface area contributed by atoms with Gasteiger partial charge < -0.3 is 14.3 Å². The molecule has 1 aliphatic heterocycles. The van der Waals surface area contributed by atoms with Crippen LogP contribution >= 0.6 is 0 Å². The molecule has 170 valence electrons. The van der Waals surface area contributed by atoms with Crippen LogP contribution in [0.5, 0.6) is 0 Å². The quantitative estimate of drug-likeness (QED) is 0.311. The van der Waals surface area contributed by atoms with Gasteiger partial charge in [0.1, 0.15) is 18.1 Å². The number of hydrazone groups is 1. The summed E-state index contributed by atoms with van der Waals surface area (Å²) < 4.78 is 11.0. The lowest BCUT2D eigenvalue weighted by atomic mass is 10.1. The Bertz CT molecular complexity index is 1360. The van der Waals surface area contributed by atoms with Crippen LogP contribution in [0.2, 0.25) is 0 Å². The van der Waals surface area contributed by atoms with Crippen LogP contribution in [0.4, 0.5) is 5.69 Å². The summed E-state index contributed by atoms with van der Waals surface area (Å²) in [6.07, 6.45) is 3.07. The van der Waals surface area contributed by atoms with E-state index in [1.807, 2.05) is 0 Å². The first kappa shape index (κ1) is 22.5. The Morgan fingerprint density at radius 3 is 2.65 bits per heavy atom. The first-order valence-corrected chi connectivity index (χ1v) is 10.3. The molecule has 1 amide bonds. The van der Waals surface area contributed by atoms with Gasteiger partial charge >= 0.3 is 11.9 Å². The van der Waals surface area contributed by atoms with Crippen molar-refractivity contribution >= 4 is 35.3 Å². The molecule has 0 radical (unpaired) electrons. The number of nitrogens with zero attached hydrogens (tertiary/aromatic N) is 2. The molecule has 0 atom stereocenters. The molecule has 4 rings (SSSR count). The zero-order valence-electron chi connectivity index (χ0n) is 18.2. The molecule has 0 saturated carbocycles. The minimum absolute atomic E-state index is 0.0573. The van der Waals surface area contributed by atoms with Gasteiger partial charge in [0.25, 0.3) is 5.91 Å². The molecule has 2 heterocycles. The van der Waals surface area contributed by atoms with E-state index in [2.05, 4.69) is 11.7 Å². The molecule has 3 aromatic rings. The first-order chi connectivity index (χ1) is 16.4. The summed E-state index contributed by atoms with van der Waals surface area (Å²) in [7, 11) is 0. The lowest BCUT2D eigenvalue weighted by molar-refractivity contribution is -0.114. The number of hydrogen-bond acceptors (Lipinski definition) is 6. The Morgan fingerprint density at radius 1 is 1.12 bits per heavy atom. The maximum absolute atomic E-state index is 13.0. The maximum Gasteiger partial charge on any atom is 0.338 e. The van der Waals surface area contributed by atoms with Crippen LogP contribution in [0.15, 0.2) is 88.4 Å². The van der Waals surface area contributed by atoms with Crippen molar-refractivity contribution in [2.24, 2.45) is 5.10 Å². The average Bonchev–Trinajstić information content (AvgIpc) is 3.43. The minimum Gasteiger partial charge on any atom is -0.478 e. The normalized spacial score (nSPS) is 14.3. The molecular weight excluding hydrogens is 436 g/mol. The van der Waals surface area contributed by atoms with E-state index in [1.165, 1.54) is 18.2 Å². The molecule has 8 nitrogen and oxygen atoms in total.